The Hall–Kier alpha value is -3.43. The Morgan fingerprint density at radius 2 is 1.97 bits per heavy atom. The lowest BCUT2D eigenvalue weighted by atomic mass is 10.1. The van der Waals surface area contributed by atoms with Gasteiger partial charge in [0.05, 0.1) is 34.3 Å². The standard InChI is InChI=1S/C26H31N5O3S/c1-6-31(7-2)12-13-34-22-15-18(10-11-21(22)33-5)27-26(32)19-16-20(23-9-8-14-35-23)28-25-24(19)17(3)29-30(25)4/h8-11,14-16H,6-7,12-13H2,1-5H3,(H,27,32). The Morgan fingerprint density at radius 1 is 1.17 bits per heavy atom. The van der Waals surface area contributed by atoms with E-state index < -0.39 is 0 Å². The van der Waals surface area contributed by atoms with Crippen molar-refractivity contribution in [1.29, 1.82) is 0 Å². The molecule has 4 aromatic rings. The maximum Gasteiger partial charge on any atom is 0.256 e. The first-order valence-corrected chi connectivity index (χ1v) is 12.6. The first-order valence-electron chi connectivity index (χ1n) is 11.7. The van der Waals surface area contributed by atoms with Gasteiger partial charge in [-0.3, -0.25) is 9.48 Å². The van der Waals surface area contributed by atoms with E-state index in [-0.39, 0.29) is 5.91 Å². The molecule has 1 N–H and O–H groups in total. The number of amides is 1. The Bertz CT molecular complexity index is 1310. The van der Waals surface area contributed by atoms with Crippen LogP contribution in [0, 0.1) is 6.92 Å². The molecule has 0 unspecified atom stereocenters. The molecule has 0 atom stereocenters. The zero-order chi connectivity index (χ0) is 24.9. The van der Waals surface area contributed by atoms with E-state index >= 15 is 0 Å². The molecule has 0 bridgehead atoms. The molecule has 8 nitrogen and oxygen atoms in total. The van der Waals surface area contributed by atoms with Gasteiger partial charge in [0.1, 0.15) is 6.61 Å². The summed E-state index contributed by atoms with van der Waals surface area (Å²) in [7, 11) is 3.45. The number of thiophene rings is 1. The number of nitrogens with zero attached hydrogens (tertiary/aromatic N) is 4. The van der Waals surface area contributed by atoms with E-state index in [2.05, 4.69) is 29.2 Å². The topological polar surface area (TPSA) is 81.5 Å². The summed E-state index contributed by atoms with van der Waals surface area (Å²) in [6.07, 6.45) is 0. The molecule has 0 fully saturated rings. The summed E-state index contributed by atoms with van der Waals surface area (Å²) >= 11 is 1.58. The van der Waals surface area contributed by atoms with Crippen LogP contribution < -0.4 is 14.8 Å². The smallest absolute Gasteiger partial charge is 0.256 e. The van der Waals surface area contributed by atoms with Gasteiger partial charge in [-0.15, -0.1) is 11.3 Å². The number of carbonyl (C=O) groups excluding carboxylic acids is 1. The Morgan fingerprint density at radius 3 is 2.66 bits per heavy atom. The third-order valence-corrected chi connectivity index (χ3v) is 6.86. The zero-order valence-corrected chi connectivity index (χ0v) is 21.6. The second kappa shape index (κ2) is 10.9. The summed E-state index contributed by atoms with van der Waals surface area (Å²) in [5.74, 6) is 0.983. The van der Waals surface area contributed by atoms with Gasteiger partial charge in [0.2, 0.25) is 0 Å². The number of hydrogen-bond donors (Lipinski definition) is 1. The number of fused-ring (bicyclic) bond motifs is 1. The highest BCUT2D eigenvalue weighted by Crippen LogP contribution is 2.32. The van der Waals surface area contributed by atoms with Gasteiger partial charge in [-0.1, -0.05) is 19.9 Å². The Labute approximate surface area is 209 Å². The molecular formula is C26H31N5O3S. The molecule has 4 rings (SSSR count). The third kappa shape index (κ3) is 5.31. The molecule has 0 aliphatic rings. The van der Waals surface area contributed by atoms with Gasteiger partial charge in [0.15, 0.2) is 17.1 Å². The van der Waals surface area contributed by atoms with Gasteiger partial charge in [-0.2, -0.15) is 5.10 Å². The van der Waals surface area contributed by atoms with E-state index in [0.717, 1.165) is 41.3 Å². The van der Waals surface area contributed by atoms with Crippen LogP contribution in [0.25, 0.3) is 21.6 Å². The molecule has 0 saturated carbocycles. The van der Waals surface area contributed by atoms with Crippen LogP contribution in [0.4, 0.5) is 5.69 Å². The van der Waals surface area contributed by atoms with Crippen molar-refractivity contribution in [3.05, 3.63) is 53.0 Å². The molecule has 3 heterocycles. The van der Waals surface area contributed by atoms with E-state index in [1.54, 1.807) is 35.3 Å². The van der Waals surface area contributed by atoms with E-state index in [1.165, 1.54) is 0 Å². The molecular weight excluding hydrogens is 462 g/mol. The first kappa shape index (κ1) is 24.7. The van der Waals surface area contributed by atoms with E-state index in [1.807, 2.05) is 43.6 Å². The second-order valence-corrected chi connectivity index (χ2v) is 9.08. The quantitative estimate of drug-likeness (QED) is 0.335. The average molecular weight is 494 g/mol. The molecule has 184 valence electrons. The number of likely N-dealkylation sites (N-methyl/N-ethyl adjacent to an activating group) is 1. The summed E-state index contributed by atoms with van der Waals surface area (Å²) in [4.78, 5) is 21.6. The van der Waals surface area contributed by atoms with E-state index in [4.69, 9.17) is 14.5 Å². The van der Waals surface area contributed by atoms with Crippen LogP contribution in [-0.4, -0.2) is 58.9 Å². The number of rotatable bonds is 10. The molecule has 1 amide bonds. The number of aryl methyl sites for hydroxylation is 2. The van der Waals surface area contributed by atoms with Crippen molar-refractivity contribution >= 4 is 34.0 Å². The van der Waals surface area contributed by atoms with Crippen molar-refractivity contribution in [3.8, 4) is 22.1 Å². The van der Waals surface area contributed by atoms with Gasteiger partial charge in [-0.25, -0.2) is 4.98 Å². The minimum Gasteiger partial charge on any atom is -0.493 e. The van der Waals surface area contributed by atoms with E-state index in [9.17, 15) is 4.79 Å². The number of nitrogens with one attached hydrogen (secondary N) is 1. The molecule has 1 aromatic carbocycles. The average Bonchev–Trinajstić information content (AvgIpc) is 3.50. The third-order valence-electron chi connectivity index (χ3n) is 5.97. The highest BCUT2D eigenvalue weighted by Gasteiger charge is 2.20. The van der Waals surface area contributed by atoms with Crippen LogP contribution in [0.1, 0.15) is 29.9 Å². The van der Waals surface area contributed by atoms with Gasteiger partial charge in [-0.05, 0) is 49.7 Å². The van der Waals surface area contributed by atoms with Crippen LogP contribution in [0.3, 0.4) is 0 Å². The number of carbonyl (C=O) groups is 1. The van der Waals surface area contributed by atoms with E-state index in [0.29, 0.717) is 35.0 Å². The van der Waals surface area contributed by atoms with Gasteiger partial charge in [0.25, 0.3) is 5.91 Å². The summed E-state index contributed by atoms with van der Waals surface area (Å²) in [6.45, 7) is 9.42. The van der Waals surface area contributed by atoms with Crippen LogP contribution in [-0.2, 0) is 7.05 Å². The predicted molar refractivity (Wildman–Crippen MR) is 141 cm³/mol. The number of anilines is 1. The van der Waals surface area contributed by atoms with Crippen molar-refractivity contribution in [1.82, 2.24) is 19.7 Å². The Kier molecular flexibility index (Phi) is 7.67. The predicted octanol–water partition coefficient (Wildman–Crippen LogP) is 4.99. The largest absolute Gasteiger partial charge is 0.493 e. The summed E-state index contributed by atoms with van der Waals surface area (Å²) in [5.41, 5.74) is 3.33. The van der Waals surface area contributed by atoms with Gasteiger partial charge in [0, 0.05) is 25.3 Å². The molecule has 0 saturated heterocycles. The molecule has 0 radical (unpaired) electrons. The maximum absolute atomic E-state index is 13.5. The van der Waals surface area contributed by atoms with Crippen molar-refractivity contribution in [3.63, 3.8) is 0 Å². The second-order valence-electron chi connectivity index (χ2n) is 8.14. The number of ether oxygens (including phenoxy) is 2. The van der Waals surface area contributed by atoms with Crippen molar-refractivity contribution < 1.29 is 14.3 Å². The fourth-order valence-corrected chi connectivity index (χ4v) is 4.75. The lowest BCUT2D eigenvalue weighted by Gasteiger charge is -2.19. The number of hydrogen-bond acceptors (Lipinski definition) is 7. The molecule has 9 heteroatoms. The SMILES string of the molecule is CCN(CC)CCOc1cc(NC(=O)c2cc(-c3cccs3)nc3c2c(C)nn3C)ccc1OC. The summed E-state index contributed by atoms with van der Waals surface area (Å²) < 4.78 is 13.2. The Balaban J connectivity index is 1.63. The number of pyridine rings is 1. The fourth-order valence-electron chi connectivity index (χ4n) is 4.06. The lowest BCUT2D eigenvalue weighted by molar-refractivity contribution is 0.102. The lowest BCUT2D eigenvalue weighted by Crippen LogP contribution is -2.28. The molecule has 0 spiro atoms. The van der Waals surface area contributed by atoms with Gasteiger partial charge >= 0.3 is 0 Å². The number of aromatic nitrogens is 3. The normalized spacial score (nSPS) is 11.3. The minimum atomic E-state index is -0.231. The molecule has 35 heavy (non-hydrogen) atoms. The van der Waals surface area contributed by atoms with Crippen LogP contribution in [0.15, 0.2) is 41.8 Å². The monoisotopic (exact) mass is 493 g/mol. The van der Waals surface area contributed by atoms with Crippen molar-refractivity contribution in [2.75, 3.05) is 38.7 Å². The van der Waals surface area contributed by atoms with Crippen molar-refractivity contribution in [2.24, 2.45) is 7.05 Å². The van der Waals surface area contributed by atoms with Crippen LogP contribution >= 0.6 is 11.3 Å². The highest BCUT2D eigenvalue weighted by atomic mass is 32.1. The maximum atomic E-state index is 13.5. The molecule has 0 aliphatic carbocycles. The number of benzene rings is 1. The summed E-state index contributed by atoms with van der Waals surface area (Å²) in [6, 6.07) is 11.2. The van der Waals surface area contributed by atoms with Crippen LogP contribution in [0.5, 0.6) is 11.5 Å². The van der Waals surface area contributed by atoms with Crippen molar-refractivity contribution in [2.45, 2.75) is 20.8 Å². The number of methoxy groups -OCH3 is 1. The molecule has 3 aromatic heterocycles. The fraction of sp³-hybridized carbons (Fsp3) is 0.346. The van der Waals surface area contributed by atoms with Crippen LogP contribution in [0.2, 0.25) is 0 Å². The highest BCUT2D eigenvalue weighted by molar-refractivity contribution is 7.13. The van der Waals surface area contributed by atoms with Gasteiger partial charge < -0.3 is 19.7 Å². The first-order chi connectivity index (χ1) is 16.9. The molecule has 0 aliphatic heterocycles. The summed E-state index contributed by atoms with van der Waals surface area (Å²) in [5, 5.41) is 10.3. The minimum absolute atomic E-state index is 0.231. The zero-order valence-electron chi connectivity index (χ0n) is 20.8.